The molecule has 1 heterocycles. The zero-order valence-electron chi connectivity index (χ0n) is 11.3. The smallest absolute Gasteiger partial charge is 0.269 e. The van der Waals surface area contributed by atoms with Gasteiger partial charge < -0.3 is 10.6 Å². The van der Waals surface area contributed by atoms with E-state index in [2.05, 4.69) is 22.5 Å². The molecule has 0 unspecified atom stereocenters. The van der Waals surface area contributed by atoms with Crippen LogP contribution in [-0.4, -0.2) is 24.0 Å². The second kappa shape index (κ2) is 8.50. The van der Waals surface area contributed by atoms with E-state index in [-0.39, 0.29) is 5.91 Å². The Kier molecular flexibility index (Phi) is 6.84. The normalized spacial score (nSPS) is 10.1. The van der Waals surface area contributed by atoms with E-state index < -0.39 is 0 Å². The molecule has 100 valence electrons. The van der Waals surface area contributed by atoms with E-state index >= 15 is 0 Å². The van der Waals surface area contributed by atoms with E-state index in [1.165, 1.54) is 19.3 Å². The maximum Gasteiger partial charge on any atom is 0.269 e. The third-order valence-corrected chi connectivity index (χ3v) is 2.69. The number of aromatic nitrogens is 1. The number of carbonyl (C=O) groups excluding carboxylic acids is 1. The molecule has 0 saturated heterocycles. The second-order valence-corrected chi connectivity index (χ2v) is 4.28. The molecule has 1 aromatic rings. The van der Waals surface area contributed by atoms with Gasteiger partial charge in [-0.25, -0.2) is 4.98 Å². The SMILES string of the molecule is CCCCCCNC(=O)c1ccc(NCC)cn1. The largest absolute Gasteiger partial charge is 0.384 e. The van der Waals surface area contributed by atoms with Crippen molar-refractivity contribution in [3.8, 4) is 0 Å². The molecule has 0 aliphatic rings. The lowest BCUT2D eigenvalue weighted by molar-refractivity contribution is 0.0948. The molecule has 0 aliphatic carbocycles. The highest BCUT2D eigenvalue weighted by molar-refractivity contribution is 5.92. The zero-order chi connectivity index (χ0) is 13.2. The van der Waals surface area contributed by atoms with Crippen LogP contribution in [0.3, 0.4) is 0 Å². The van der Waals surface area contributed by atoms with Crippen LogP contribution in [0.25, 0.3) is 0 Å². The van der Waals surface area contributed by atoms with Crippen LogP contribution < -0.4 is 10.6 Å². The summed E-state index contributed by atoms with van der Waals surface area (Å²) in [5.74, 6) is -0.0884. The van der Waals surface area contributed by atoms with Gasteiger partial charge in [0.15, 0.2) is 0 Å². The van der Waals surface area contributed by atoms with Crippen molar-refractivity contribution in [1.29, 1.82) is 0 Å². The number of pyridine rings is 1. The van der Waals surface area contributed by atoms with Gasteiger partial charge in [-0.3, -0.25) is 4.79 Å². The van der Waals surface area contributed by atoms with Crippen molar-refractivity contribution in [3.05, 3.63) is 24.0 Å². The van der Waals surface area contributed by atoms with Gasteiger partial charge in [-0.1, -0.05) is 26.2 Å². The minimum atomic E-state index is -0.0884. The van der Waals surface area contributed by atoms with E-state index in [1.54, 1.807) is 12.3 Å². The molecule has 0 atom stereocenters. The molecule has 0 fully saturated rings. The Hall–Kier alpha value is -1.58. The average molecular weight is 249 g/mol. The standard InChI is InChI=1S/C14H23N3O/c1-3-5-6-7-10-16-14(18)13-9-8-12(11-17-13)15-4-2/h8-9,11,15H,3-7,10H2,1-2H3,(H,16,18). The minimum absolute atomic E-state index is 0.0884. The van der Waals surface area contributed by atoms with Crippen LogP contribution in [0.5, 0.6) is 0 Å². The summed E-state index contributed by atoms with van der Waals surface area (Å²) in [5.41, 5.74) is 1.42. The fraction of sp³-hybridized carbons (Fsp3) is 0.571. The highest BCUT2D eigenvalue weighted by atomic mass is 16.1. The van der Waals surface area contributed by atoms with Gasteiger partial charge in [-0.15, -0.1) is 0 Å². The first-order valence-electron chi connectivity index (χ1n) is 6.76. The van der Waals surface area contributed by atoms with Crippen molar-refractivity contribution in [2.75, 3.05) is 18.4 Å². The summed E-state index contributed by atoms with van der Waals surface area (Å²) >= 11 is 0. The topological polar surface area (TPSA) is 54.0 Å². The molecular weight excluding hydrogens is 226 g/mol. The summed E-state index contributed by atoms with van der Waals surface area (Å²) in [7, 11) is 0. The van der Waals surface area contributed by atoms with Crippen LogP contribution in [0.1, 0.15) is 50.0 Å². The lowest BCUT2D eigenvalue weighted by Crippen LogP contribution is -2.25. The van der Waals surface area contributed by atoms with Gasteiger partial charge in [-0.05, 0) is 25.5 Å². The summed E-state index contributed by atoms with van der Waals surface area (Å²) in [6.45, 7) is 5.78. The van der Waals surface area contributed by atoms with E-state index in [0.29, 0.717) is 5.69 Å². The van der Waals surface area contributed by atoms with Crippen molar-refractivity contribution in [2.45, 2.75) is 39.5 Å². The Bertz CT molecular complexity index is 349. The van der Waals surface area contributed by atoms with E-state index in [0.717, 1.165) is 25.2 Å². The molecule has 0 aliphatic heterocycles. The molecular formula is C14H23N3O. The van der Waals surface area contributed by atoms with Gasteiger partial charge >= 0.3 is 0 Å². The van der Waals surface area contributed by atoms with E-state index in [9.17, 15) is 4.79 Å². The van der Waals surface area contributed by atoms with Gasteiger partial charge in [0.2, 0.25) is 0 Å². The third kappa shape index (κ3) is 5.17. The fourth-order valence-electron chi connectivity index (χ4n) is 1.68. The molecule has 0 saturated carbocycles. The number of nitrogens with one attached hydrogen (secondary N) is 2. The van der Waals surface area contributed by atoms with Gasteiger partial charge in [-0.2, -0.15) is 0 Å². The number of hydrogen-bond acceptors (Lipinski definition) is 3. The van der Waals surface area contributed by atoms with Crippen molar-refractivity contribution < 1.29 is 4.79 Å². The molecule has 0 radical (unpaired) electrons. The number of hydrogen-bond donors (Lipinski definition) is 2. The molecule has 0 bridgehead atoms. The van der Waals surface area contributed by atoms with Crippen LogP contribution >= 0.6 is 0 Å². The number of anilines is 1. The highest BCUT2D eigenvalue weighted by Crippen LogP contribution is 2.05. The number of unbranched alkanes of at least 4 members (excludes halogenated alkanes) is 3. The maximum absolute atomic E-state index is 11.8. The van der Waals surface area contributed by atoms with E-state index in [4.69, 9.17) is 0 Å². The van der Waals surface area contributed by atoms with E-state index in [1.807, 2.05) is 13.0 Å². The predicted molar refractivity (Wildman–Crippen MR) is 74.9 cm³/mol. The van der Waals surface area contributed by atoms with Gasteiger partial charge in [0, 0.05) is 13.1 Å². The Morgan fingerprint density at radius 1 is 1.22 bits per heavy atom. The molecule has 2 N–H and O–H groups in total. The molecule has 0 spiro atoms. The van der Waals surface area contributed by atoms with Crippen molar-refractivity contribution in [3.63, 3.8) is 0 Å². The molecule has 1 aromatic heterocycles. The summed E-state index contributed by atoms with van der Waals surface area (Å²) in [6, 6.07) is 3.63. The van der Waals surface area contributed by atoms with Crippen LogP contribution in [-0.2, 0) is 0 Å². The average Bonchev–Trinajstić information content (AvgIpc) is 2.39. The summed E-state index contributed by atoms with van der Waals surface area (Å²) in [5, 5.41) is 6.03. The first-order valence-corrected chi connectivity index (χ1v) is 6.76. The monoisotopic (exact) mass is 249 g/mol. The predicted octanol–water partition coefficient (Wildman–Crippen LogP) is 2.82. The Morgan fingerprint density at radius 2 is 2.06 bits per heavy atom. The Morgan fingerprint density at radius 3 is 2.67 bits per heavy atom. The maximum atomic E-state index is 11.8. The first-order chi connectivity index (χ1) is 8.77. The molecule has 4 heteroatoms. The number of rotatable bonds is 8. The zero-order valence-corrected chi connectivity index (χ0v) is 11.3. The second-order valence-electron chi connectivity index (χ2n) is 4.28. The Balaban J connectivity index is 2.32. The van der Waals surface area contributed by atoms with Crippen LogP contribution in [0, 0.1) is 0 Å². The lowest BCUT2D eigenvalue weighted by Gasteiger charge is -2.06. The molecule has 4 nitrogen and oxygen atoms in total. The molecule has 1 amide bonds. The van der Waals surface area contributed by atoms with Crippen LogP contribution in [0.4, 0.5) is 5.69 Å². The number of carbonyl (C=O) groups is 1. The molecule has 1 rings (SSSR count). The molecule has 18 heavy (non-hydrogen) atoms. The fourth-order valence-corrected chi connectivity index (χ4v) is 1.68. The summed E-state index contributed by atoms with van der Waals surface area (Å²) < 4.78 is 0. The number of nitrogens with zero attached hydrogens (tertiary/aromatic N) is 1. The molecule has 0 aromatic carbocycles. The lowest BCUT2D eigenvalue weighted by atomic mass is 10.2. The first kappa shape index (κ1) is 14.5. The quantitative estimate of drug-likeness (QED) is 0.697. The van der Waals surface area contributed by atoms with Gasteiger partial charge in [0.25, 0.3) is 5.91 Å². The summed E-state index contributed by atoms with van der Waals surface area (Å²) in [6.07, 6.45) is 6.33. The van der Waals surface area contributed by atoms with Crippen LogP contribution in [0.15, 0.2) is 18.3 Å². The van der Waals surface area contributed by atoms with Gasteiger partial charge in [0.1, 0.15) is 5.69 Å². The van der Waals surface area contributed by atoms with Crippen LogP contribution in [0.2, 0.25) is 0 Å². The van der Waals surface area contributed by atoms with Crippen molar-refractivity contribution in [2.24, 2.45) is 0 Å². The minimum Gasteiger partial charge on any atom is -0.384 e. The summed E-state index contributed by atoms with van der Waals surface area (Å²) in [4.78, 5) is 15.9. The number of amides is 1. The highest BCUT2D eigenvalue weighted by Gasteiger charge is 2.05. The van der Waals surface area contributed by atoms with Crippen molar-refractivity contribution in [1.82, 2.24) is 10.3 Å². The third-order valence-electron chi connectivity index (χ3n) is 2.69. The van der Waals surface area contributed by atoms with Crippen molar-refractivity contribution >= 4 is 11.6 Å². The van der Waals surface area contributed by atoms with Gasteiger partial charge in [0.05, 0.1) is 11.9 Å². The Labute approximate surface area is 109 Å².